The van der Waals surface area contributed by atoms with Gasteiger partial charge in [-0.2, -0.15) is 0 Å². The average molecular weight is 174 g/mol. The first-order valence-corrected chi connectivity index (χ1v) is 4.91. The van der Waals surface area contributed by atoms with E-state index in [9.17, 15) is 0 Å². The van der Waals surface area contributed by atoms with Crippen molar-refractivity contribution < 1.29 is 0 Å². The van der Waals surface area contributed by atoms with E-state index in [4.69, 9.17) is 0 Å². The molecule has 0 saturated heterocycles. The first-order valence-electron chi connectivity index (χ1n) is 4.91. The highest BCUT2D eigenvalue weighted by Gasteiger charge is 2.04. The summed E-state index contributed by atoms with van der Waals surface area (Å²) < 4.78 is 0. The van der Waals surface area contributed by atoms with Crippen LogP contribution in [0.1, 0.15) is 27.2 Å². The van der Waals surface area contributed by atoms with Gasteiger partial charge < -0.3 is 0 Å². The van der Waals surface area contributed by atoms with Crippen molar-refractivity contribution in [3.8, 4) is 0 Å². The monoisotopic (exact) mass is 174 g/mol. The van der Waals surface area contributed by atoms with Crippen LogP contribution >= 0.6 is 0 Å². The first-order chi connectivity index (χ1) is 6.24. The minimum atomic E-state index is 0.635. The van der Waals surface area contributed by atoms with Gasteiger partial charge >= 0.3 is 0 Å². The van der Waals surface area contributed by atoms with Crippen LogP contribution in [0.15, 0.2) is 47.6 Å². The second kappa shape index (κ2) is 4.86. The van der Waals surface area contributed by atoms with Gasteiger partial charge in [-0.1, -0.05) is 49.0 Å². The summed E-state index contributed by atoms with van der Waals surface area (Å²) in [5, 5.41) is 0. The lowest BCUT2D eigenvalue weighted by molar-refractivity contribution is 0.710. The first kappa shape index (κ1) is 10.0. The van der Waals surface area contributed by atoms with E-state index >= 15 is 0 Å². The summed E-state index contributed by atoms with van der Waals surface area (Å²) in [4.78, 5) is 0. The standard InChI is InChI=1S/C13H18/c1-4-7-13-10-11(2)8-5-6-9-12(13)3/h4-8,10,12H,9H2,1-3H3. The zero-order valence-electron chi connectivity index (χ0n) is 8.75. The molecule has 0 N–H and O–H groups in total. The van der Waals surface area contributed by atoms with E-state index in [0.29, 0.717) is 5.92 Å². The Morgan fingerprint density at radius 1 is 1.46 bits per heavy atom. The maximum absolute atomic E-state index is 2.27. The Morgan fingerprint density at radius 3 is 2.92 bits per heavy atom. The Hall–Kier alpha value is -1.04. The quantitative estimate of drug-likeness (QED) is 0.563. The van der Waals surface area contributed by atoms with Crippen molar-refractivity contribution in [2.75, 3.05) is 0 Å². The summed E-state index contributed by atoms with van der Waals surface area (Å²) in [6.07, 6.45) is 14.3. The topological polar surface area (TPSA) is 0 Å². The molecule has 1 atom stereocenters. The Balaban J connectivity index is 2.94. The molecule has 1 aliphatic rings. The fourth-order valence-corrected chi connectivity index (χ4v) is 1.50. The van der Waals surface area contributed by atoms with Crippen molar-refractivity contribution in [3.63, 3.8) is 0 Å². The third kappa shape index (κ3) is 3.06. The predicted molar refractivity (Wildman–Crippen MR) is 59.6 cm³/mol. The van der Waals surface area contributed by atoms with Crippen molar-refractivity contribution in [1.82, 2.24) is 0 Å². The summed E-state index contributed by atoms with van der Waals surface area (Å²) in [7, 11) is 0. The Morgan fingerprint density at radius 2 is 2.23 bits per heavy atom. The molecular formula is C13H18. The van der Waals surface area contributed by atoms with Crippen LogP contribution < -0.4 is 0 Å². The maximum atomic E-state index is 2.27. The van der Waals surface area contributed by atoms with Crippen LogP contribution in [0.5, 0.6) is 0 Å². The Bertz CT molecular complexity index is 274. The lowest BCUT2D eigenvalue weighted by Gasteiger charge is -2.12. The summed E-state index contributed by atoms with van der Waals surface area (Å²) in [5.41, 5.74) is 2.76. The SMILES string of the molecule is CC=CC1=CC(C)=CC=CCC1C. The smallest absolute Gasteiger partial charge is 0.0156 e. The largest absolute Gasteiger partial charge is 0.0874 e. The third-order valence-electron chi connectivity index (χ3n) is 2.31. The summed E-state index contributed by atoms with van der Waals surface area (Å²) in [6, 6.07) is 0. The summed E-state index contributed by atoms with van der Waals surface area (Å²) in [6.45, 7) is 6.49. The van der Waals surface area contributed by atoms with Crippen LogP contribution in [-0.4, -0.2) is 0 Å². The number of allylic oxidation sites excluding steroid dienone is 8. The molecule has 1 rings (SSSR count). The molecule has 1 unspecified atom stereocenters. The van der Waals surface area contributed by atoms with Gasteiger partial charge in [0.2, 0.25) is 0 Å². The van der Waals surface area contributed by atoms with Crippen LogP contribution in [0.25, 0.3) is 0 Å². The van der Waals surface area contributed by atoms with Crippen molar-refractivity contribution in [2.24, 2.45) is 5.92 Å². The second-order valence-corrected chi connectivity index (χ2v) is 3.62. The van der Waals surface area contributed by atoms with E-state index in [-0.39, 0.29) is 0 Å². The molecule has 0 bridgehead atoms. The van der Waals surface area contributed by atoms with Crippen LogP contribution in [0.2, 0.25) is 0 Å². The molecule has 0 saturated carbocycles. The molecular weight excluding hydrogens is 156 g/mol. The van der Waals surface area contributed by atoms with Gasteiger partial charge in [-0.15, -0.1) is 0 Å². The van der Waals surface area contributed by atoms with Gasteiger partial charge in [-0.05, 0) is 31.8 Å². The predicted octanol–water partition coefficient (Wildman–Crippen LogP) is 4.03. The van der Waals surface area contributed by atoms with Gasteiger partial charge in [0.15, 0.2) is 0 Å². The van der Waals surface area contributed by atoms with Crippen LogP contribution in [0, 0.1) is 5.92 Å². The lowest BCUT2D eigenvalue weighted by Crippen LogP contribution is -1.97. The normalized spacial score (nSPS) is 23.8. The molecule has 0 heterocycles. The molecule has 0 amide bonds. The molecule has 0 nitrogen and oxygen atoms in total. The Labute approximate surface area is 81.4 Å². The highest BCUT2D eigenvalue weighted by atomic mass is 14.1. The minimum Gasteiger partial charge on any atom is -0.0874 e. The molecule has 70 valence electrons. The molecule has 13 heavy (non-hydrogen) atoms. The van der Waals surface area contributed by atoms with Crippen LogP contribution in [-0.2, 0) is 0 Å². The van der Waals surface area contributed by atoms with Crippen molar-refractivity contribution >= 4 is 0 Å². The van der Waals surface area contributed by atoms with E-state index in [0.717, 1.165) is 6.42 Å². The molecule has 1 aliphatic carbocycles. The van der Waals surface area contributed by atoms with Gasteiger partial charge in [-0.25, -0.2) is 0 Å². The highest BCUT2D eigenvalue weighted by molar-refractivity contribution is 5.34. The molecule has 0 spiro atoms. The molecule has 0 fully saturated rings. The number of rotatable bonds is 1. The summed E-state index contributed by atoms with van der Waals surface area (Å²) >= 11 is 0. The summed E-state index contributed by atoms with van der Waals surface area (Å²) in [5.74, 6) is 0.635. The zero-order chi connectivity index (χ0) is 9.68. The third-order valence-corrected chi connectivity index (χ3v) is 2.31. The zero-order valence-corrected chi connectivity index (χ0v) is 8.75. The van der Waals surface area contributed by atoms with Gasteiger partial charge in [0.25, 0.3) is 0 Å². The van der Waals surface area contributed by atoms with E-state index < -0.39 is 0 Å². The van der Waals surface area contributed by atoms with E-state index in [1.807, 2.05) is 0 Å². The van der Waals surface area contributed by atoms with Crippen molar-refractivity contribution in [2.45, 2.75) is 27.2 Å². The van der Waals surface area contributed by atoms with Crippen molar-refractivity contribution in [3.05, 3.63) is 47.6 Å². The molecule has 0 aromatic rings. The van der Waals surface area contributed by atoms with Crippen molar-refractivity contribution in [1.29, 1.82) is 0 Å². The lowest BCUT2D eigenvalue weighted by atomic mass is 9.93. The molecule has 0 aromatic heterocycles. The molecule has 0 radical (unpaired) electrons. The van der Waals surface area contributed by atoms with Crippen LogP contribution in [0.3, 0.4) is 0 Å². The van der Waals surface area contributed by atoms with E-state index in [1.165, 1.54) is 11.1 Å². The van der Waals surface area contributed by atoms with E-state index in [1.54, 1.807) is 0 Å². The number of hydrogen-bond donors (Lipinski definition) is 0. The maximum Gasteiger partial charge on any atom is -0.0156 e. The van der Waals surface area contributed by atoms with Gasteiger partial charge in [0.05, 0.1) is 0 Å². The fraction of sp³-hybridized carbons (Fsp3) is 0.385. The highest BCUT2D eigenvalue weighted by Crippen LogP contribution is 2.20. The average Bonchev–Trinajstić information content (AvgIpc) is 2.09. The Kier molecular flexibility index (Phi) is 3.75. The minimum absolute atomic E-state index is 0.635. The van der Waals surface area contributed by atoms with E-state index in [2.05, 4.69) is 57.2 Å². The molecule has 0 aliphatic heterocycles. The molecule has 0 aromatic carbocycles. The number of hydrogen-bond acceptors (Lipinski definition) is 0. The van der Waals surface area contributed by atoms with Gasteiger partial charge in [0.1, 0.15) is 0 Å². The van der Waals surface area contributed by atoms with Gasteiger partial charge in [0, 0.05) is 0 Å². The fourth-order valence-electron chi connectivity index (χ4n) is 1.50. The van der Waals surface area contributed by atoms with Crippen LogP contribution in [0.4, 0.5) is 0 Å². The molecule has 0 heteroatoms. The van der Waals surface area contributed by atoms with Gasteiger partial charge in [-0.3, -0.25) is 0 Å². The second-order valence-electron chi connectivity index (χ2n) is 3.62.